The minimum atomic E-state index is -4.81. The Morgan fingerprint density at radius 2 is 1.76 bits per heavy atom. The standard InChI is InChI=1S/C28H38F4INO2Si/c1-15(2)24-22(25(35)16-10-11-17(18(29)12-16)28(30,31)32)23(33)21-19(34-24)13-27(6,7)14-20(21)36-37(8,9)26(3,4)5/h10-12,15,20,25,35H,13-14H2,1-9H3. The number of nitrogens with zero attached hydrogens (tertiary/aromatic N) is 1. The summed E-state index contributed by atoms with van der Waals surface area (Å²) in [6.45, 7) is 19.3. The zero-order valence-electron chi connectivity index (χ0n) is 23.1. The number of benzene rings is 1. The third kappa shape index (κ3) is 6.25. The summed E-state index contributed by atoms with van der Waals surface area (Å²) < 4.78 is 61.5. The van der Waals surface area contributed by atoms with Gasteiger partial charge in [-0.05, 0) is 82.6 Å². The zero-order chi connectivity index (χ0) is 28.3. The lowest BCUT2D eigenvalue weighted by Crippen LogP contribution is -2.44. The van der Waals surface area contributed by atoms with E-state index in [2.05, 4.69) is 70.3 Å². The molecule has 1 aromatic heterocycles. The summed E-state index contributed by atoms with van der Waals surface area (Å²) in [5.74, 6) is -1.47. The van der Waals surface area contributed by atoms with Gasteiger partial charge in [0.25, 0.3) is 0 Å². The van der Waals surface area contributed by atoms with E-state index in [1.54, 1.807) is 0 Å². The molecule has 1 aliphatic rings. The maximum Gasteiger partial charge on any atom is 0.419 e. The van der Waals surface area contributed by atoms with E-state index in [0.29, 0.717) is 17.3 Å². The topological polar surface area (TPSA) is 42.4 Å². The molecule has 0 fully saturated rings. The molecule has 3 rings (SSSR count). The lowest BCUT2D eigenvalue weighted by Gasteiger charge is -2.44. The van der Waals surface area contributed by atoms with Crippen LogP contribution in [0.3, 0.4) is 0 Å². The molecule has 0 bridgehead atoms. The monoisotopic (exact) mass is 651 g/mol. The van der Waals surface area contributed by atoms with Gasteiger partial charge in [-0.3, -0.25) is 4.98 Å². The van der Waals surface area contributed by atoms with Crippen LogP contribution in [-0.4, -0.2) is 18.4 Å². The van der Waals surface area contributed by atoms with Crippen LogP contribution in [0.25, 0.3) is 0 Å². The van der Waals surface area contributed by atoms with Crippen LogP contribution >= 0.6 is 22.6 Å². The van der Waals surface area contributed by atoms with Gasteiger partial charge in [-0.1, -0.05) is 54.5 Å². The number of alkyl halides is 3. The first-order valence-electron chi connectivity index (χ1n) is 12.6. The Kier molecular flexibility index (Phi) is 8.38. The fourth-order valence-electron chi connectivity index (χ4n) is 4.67. The summed E-state index contributed by atoms with van der Waals surface area (Å²) in [6.07, 6.45) is -4.83. The molecule has 0 saturated carbocycles. The Morgan fingerprint density at radius 1 is 1.16 bits per heavy atom. The minimum Gasteiger partial charge on any atom is -0.410 e. The molecule has 3 nitrogen and oxygen atoms in total. The van der Waals surface area contributed by atoms with Gasteiger partial charge in [0.05, 0.1) is 17.4 Å². The molecule has 2 unspecified atom stereocenters. The molecule has 1 heterocycles. The van der Waals surface area contributed by atoms with Crippen molar-refractivity contribution in [3.8, 4) is 0 Å². The summed E-state index contributed by atoms with van der Waals surface area (Å²) in [4.78, 5) is 5.03. The van der Waals surface area contributed by atoms with E-state index in [-0.39, 0.29) is 28.0 Å². The van der Waals surface area contributed by atoms with Crippen LogP contribution in [-0.2, 0) is 17.0 Å². The lowest BCUT2D eigenvalue weighted by atomic mass is 9.74. The van der Waals surface area contributed by atoms with Gasteiger partial charge in [-0.15, -0.1) is 0 Å². The molecule has 0 aliphatic heterocycles. The second-order valence-corrected chi connectivity index (χ2v) is 18.6. The first kappa shape index (κ1) is 30.5. The molecule has 37 heavy (non-hydrogen) atoms. The second kappa shape index (κ2) is 10.2. The predicted octanol–water partition coefficient (Wildman–Crippen LogP) is 9.08. The molecule has 0 spiro atoms. The van der Waals surface area contributed by atoms with Crippen LogP contribution in [0.1, 0.15) is 107 Å². The number of fused-ring (bicyclic) bond motifs is 1. The van der Waals surface area contributed by atoms with Gasteiger partial charge in [-0.2, -0.15) is 13.2 Å². The van der Waals surface area contributed by atoms with E-state index in [1.165, 1.54) is 0 Å². The Bertz CT molecular complexity index is 1170. The predicted molar refractivity (Wildman–Crippen MR) is 150 cm³/mol. The second-order valence-electron chi connectivity index (χ2n) is 12.8. The third-order valence-corrected chi connectivity index (χ3v) is 13.3. The SMILES string of the molecule is CC(C)c1nc2c(c(I)c1C(O)c1ccc(C(F)(F)F)c(F)c1)C(O[Si](C)(C)C(C)(C)C)CC(C)(C)C2. The largest absolute Gasteiger partial charge is 0.419 e. The molecular formula is C28H38F4INO2Si. The van der Waals surface area contributed by atoms with Gasteiger partial charge < -0.3 is 9.53 Å². The quantitative estimate of drug-likeness (QED) is 0.199. The molecular weight excluding hydrogens is 613 g/mol. The summed E-state index contributed by atoms with van der Waals surface area (Å²) in [6, 6.07) is 2.61. The molecule has 1 aliphatic carbocycles. The highest BCUT2D eigenvalue weighted by atomic mass is 127. The molecule has 206 valence electrons. The van der Waals surface area contributed by atoms with E-state index in [1.807, 2.05) is 13.8 Å². The number of halogens is 5. The van der Waals surface area contributed by atoms with E-state index < -0.39 is 32.0 Å². The normalized spacial score (nSPS) is 19.2. The number of hydrogen-bond donors (Lipinski definition) is 1. The summed E-state index contributed by atoms with van der Waals surface area (Å²) in [5, 5.41) is 11.4. The average molecular weight is 652 g/mol. The molecule has 0 saturated heterocycles. The van der Waals surface area contributed by atoms with Crippen LogP contribution in [0, 0.1) is 14.8 Å². The van der Waals surface area contributed by atoms with Crippen molar-refractivity contribution in [3.05, 3.63) is 61.2 Å². The first-order valence-corrected chi connectivity index (χ1v) is 16.6. The number of aliphatic hydroxyl groups is 1. The Labute approximate surface area is 232 Å². The summed E-state index contributed by atoms with van der Waals surface area (Å²) in [7, 11) is -2.17. The van der Waals surface area contributed by atoms with Crippen LogP contribution in [0.4, 0.5) is 17.6 Å². The van der Waals surface area contributed by atoms with Crippen molar-refractivity contribution < 1.29 is 27.1 Å². The van der Waals surface area contributed by atoms with Crippen molar-refractivity contribution in [2.75, 3.05) is 0 Å². The fraction of sp³-hybridized carbons (Fsp3) is 0.607. The van der Waals surface area contributed by atoms with Crippen molar-refractivity contribution in [1.82, 2.24) is 4.98 Å². The average Bonchev–Trinajstić information content (AvgIpc) is 2.69. The van der Waals surface area contributed by atoms with Crippen LogP contribution < -0.4 is 0 Å². The Balaban J connectivity index is 2.21. The zero-order valence-corrected chi connectivity index (χ0v) is 26.2. The number of aromatic nitrogens is 1. The summed E-state index contributed by atoms with van der Waals surface area (Å²) >= 11 is 2.21. The van der Waals surface area contributed by atoms with Gasteiger partial charge in [-0.25, -0.2) is 4.39 Å². The van der Waals surface area contributed by atoms with Crippen molar-refractivity contribution in [2.24, 2.45) is 5.41 Å². The Morgan fingerprint density at radius 3 is 2.24 bits per heavy atom. The van der Waals surface area contributed by atoms with Gasteiger partial charge in [0.2, 0.25) is 0 Å². The highest BCUT2D eigenvalue weighted by molar-refractivity contribution is 14.1. The molecule has 0 radical (unpaired) electrons. The smallest absolute Gasteiger partial charge is 0.410 e. The molecule has 1 N–H and O–H groups in total. The fourth-order valence-corrected chi connectivity index (χ4v) is 7.17. The highest BCUT2D eigenvalue weighted by Gasteiger charge is 2.44. The van der Waals surface area contributed by atoms with Crippen LogP contribution in [0.5, 0.6) is 0 Å². The van der Waals surface area contributed by atoms with E-state index in [9.17, 15) is 22.7 Å². The van der Waals surface area contributed by atoms with E-state index >= 15 is 0 Å². The maximum absolute atomic E-state index is 14.4. The van der Waals surface area contributed by atoms with Gasteiger partial charge in [0.1, 0.15) is 11.9 Å². The molecule has 2 atom stereocenters. The van der Waals surface area contributed by atoms with Gasteiger partial charge >= 0.3 is 6.18 Å². The minimum absolute atomic E-state index is 0.00834. The number of hydrogen-bond acceptors (Lipinski definition) is 3. The lowest BCUT2D eigenvalue weighted by molar-refractivity contribution is -0.140. The van der Waals surface area contributed by atoms with Crippen molar-refractivity contribution in [3.63, 3.8) is 0 Å². The van der Waals surface area contributed by atoms with Crippen molar-refractivity contribution >= 4 is 30.9 Å². The highest BCUT2D eigenvalue weighted by Crippen LogP contribution is 2.50. The van der Waals surface area contributed by atoms with Gasteiger partial charge in [0, 0.05) is 20.4 Å². The third-order valence-electron chi connectivity index (χ3n) is 7.70. The number of aliphatic hydroxyl groups excluding tert-OH is 1. The Hall–Kier alpha value is -1.04. The first-order chi connectivity index (χ1) is 16.7. The van der Waals surface area contributed by atoms with E-state index in [4.69, 9.17) is 9.41 Å². The molecule has 2 aromatic rings. The van der Waals surface area contributed by atoms with Crippen LogP contribution in [0.2, 0.25) is 18.1 Å². The van der Waals surface area contributed by atoms with Gasteiger partial charge in [0.15, 0.2) is 8.32 Å². The summed E-state index contributed by atoms with van der Waals surface area (Å²) in [5.41, 5.74) is 1.72. The molecule has 1 aromatic carbocycles. The maximum atomic E-state index is 14.4. The van der Waals surface area contributed by atoms with Crippen LogP contribution in [0.15, 0.2) is 18.2 Å². The molecule has 0 amide bonds. The number of rotatable bonds is 5. The molecule has 9 heteroatoms. The number of pyridine rings is 1. The van der Waals surface area contributed by atoms with Crippen molar-refractivity contribution in [1.29, 1.82) is 0 Å². The van der Waals surface area contributed by atoms with Crippen molar-refractivity contribution in [2.45, 2.75) is 104 Å². The van der Waals surface area contributed by atoms with E-state index in [0.717, 1.165) is 39.8 Å².